The number of aliphatic hydroxyl groups is 1. The lowest BCUT2D eigenvalue weighted by Gasteiger charge is -2.35. The van der Waals surface area contributed by atoms with Crippen LogP contribution in [0.1, 0.15) is 64.3 Å². The summed E-state index contributed by atoms with van der Waals surface area (Å²) < 4.78 is 1.51. The van der Waals surface area contributed by atoms with Crippen molar-refractivity contribution in [3.05, 3.63) is 72.1 Å². The van der Waals surface area contributed by atoms with E-state index in [0.717, 1.165) is 16.7 Å². The smallest absolute Gasteiger partial charge is 0.248 e. The van der Waals surface area contributed by atoms with E-state index in [0.29, 0.717) is 31.5 Å². The summed E-state index contributed by atoms with van der Waals surface area (Å²) in [5.41, 5.74) is 8.55. The number of rotatable bonds is 4. The first-order valence-electron chi connectivity index (χ1n) is 18.2. The number of hydrogen-bond donors (Lipinski definition) is 6. The third kappa shape index (κ3) is 9.84. The van der Waals surface area contributed by atoms with Crippen LogP contribution < -0.4 is 27.0 Å². The SMILES string of the molecule is C[C@H]1NC(=O)[C@@H](Cc2ccc(-c3ccccc3)cc2)NC(=O)[C@@H]2C[C@@H](O)CN2C(=O)[C@H](C(C)(C)C)n2cc(nn2)CCCCNC(=O)[C@@H](CN)NC1=O. The quantitative estimate of drug-likeness (QED) is 0.222. The molecule has 3 aromatic rings. The molecule has 1 saturated heterocycles. The van der Waals surface area contributed by atoms with E-state index in [1.165, 1.54) is 16.5 Å². The van der Waals surface area contributed by atoms with Gasteiger partial charge in [-0.25, -0.2) is 4.68 Å². The van der Waals surface area contributed by atoms with Gasteiger partial charge in [0.25, 0.3) is 0 Å². The van der Waals surface area contributed by atoms with Gasteiger partial charge in [0, 0.05) is 38.7 Å². The molecule has 2 aliphatic rings. The fourth-order valence-corrected chi connectivity index (χ4v) is 6.75. The number of carbonyl (C=O) groups is 5. The number of nitrogens with two attached hydrogens (primary N) is 1. The molecule has 53 heavy (non-hydrogen) atoms. The van der Waals surface area contributed by atoms with Crippen LogP contribution in [0.5, 0.6) is 0 Å². The van der Waals surface area contributed by atoms with Crippen molar-refractivity contribution >= 4 is 29.5 Å². The number of aromatic nitrogens is 3. The third-order valence-corrected chi connectivity index (χ3v) is 9.65. The van der Waals surface area contributed by atoms with Crippen LogP contribution >= 0.6 is 0 Å². The summed E-state index contributed by atoms with van der Waals surface area (Å²) in [7, 11) is 0. The molecular formula is C38H51N9O6. The first-order chi connectivity index (χ1) is 25.2. The van der Waals surface area contributed by atoms with E-state index in [4.69, 9.17) is 5.73 Å². The molecule has 0 unspecified atom stereocenters. The van der Waals surface area contributed by atoms with E-state index in [1.807, 2.05) is 75.4 Å². The molecule has 3 heterocycles. The van der Waals surface area contributed by atoms with Gasteiger partial charge in [-0.05, 0) is 48.3 Å². The largest absolute Gasteiger partial charge is 0.391 e. The van der Waals surface area contributed by atoms with Crippen LogP contribution in [0.2, 0.25) is 0 Å². The van der Waals surface area contributed by atoms with E-state index in [2.05, 4.69) is 31.6 Å². The number of benzene rings is 2. The summed E-state index contributed by atoms with van der Waals surface area (Å²) in [6, 6.07) is 12.1. The molecule has 1 fully saturated rings. The molecular weight excluding hydrogens is 678 g/mol. The van der Waals surface area contributed by atoms with E-state index in [-0.39, 0.29) is 25.9 Å². The Labute approximate surface area is 309 Å². The number of aliphatic hydroxyl groups excluding tert-OH is 1. The number of carbonyl (C=O) groups excluding carboxylic acids is 5. The van der Waals surface area contributed by atoms with Gasteiger partial charge >= 0.3 is 0 Å². The average molecular weight is 730 g/mol. The molecule has 0 aliphatic carbocycles. The van der Waals surface area contributed by atoms with Crippen molar-refractivity contribution in [3.63, 3.8) is 0 Å². The fraction of sp³-hybridized carbons (Fsp3) is 0.500. The number of amides is 5. The summed E-state index contributed by atoms with van der Waals surface area (Å²) in [6.45, 7) is 7.24. The Kier molecular flexibility index (Phi) is 12.6. The summed E-state index contributed by atoms with van der Waals surface area (Å²) in [6.07, 6.45) is 2.59. The van der Waals surface area contributed by atoms with E-state index in [9.17, 15) is 29.1 Å². The van der Waals surface area contributed by atoms with Crippen LogP contribution in [0.25, 0.3) is 11.1 Å². The molecule has 15 heteroatoms. The molecule has 5 rings (SSSR count). The lowest BCUT2D eigenvalue weighted by atomic mass is 9.85. The predicted octanol–water partition coefficient (Wildman–Crippen LogP) is 0.622. The molecule has 0 spiro atoms. The highest BCUT2D eigenvalue weighted by Crippen LogP contribution is 2.34. The van der Waals surface area contributed by atoms with E-state index >= 15 is 0 Å². The van der Waals surface area contributed by atoms with Gasteiger partial charge in [0.2, 0.25) is 29.5 Å². The third-order valence-electron chi connectivity index (χ3n) is 9.65. The second kappa shape index (κ2) is 17.1. The lowest BCUT2D eigenvalue weighted by Crippen LogP contribution is -2.59. The number of nitrogens with zero attached hydrogens (tertiary/aromatic N) is 4. The molecule has 0 radical (unpaired) electrons. The first-order valence-corrected chi connectivity index (χ1v) is 18.2. The summed E-state index contributed by atoms with van der Waals surface area (Å²) in [4.78, 5) is 69.7. The Morgan fingerprint density at radius 2 is 1.53 bits per heavy atom. The highest BCUT2D eigenvalue weighted by atomic mass is 16.3. The van der Waals surface area contributed by atoms with E-state index < -0.39 is 71.3 Å². The second-order valence-electron chi connectivity index (χ2n) is 15.0. The molecule has 0 saturated carbocycles. The zero-order chi connectivity index (χ0) is 38.3. The molecule has 5 amide bonds. The summed E-state index contributed by atoms with van der Waals surface area (Å²) >= 11 is 0. The molecule has 1 aromatic heterocycles. The topological polar surface area (TPSA) is 214 Å². The zero-order valence-electron chi connectivity index (χ0n) is 30.7. The minimum Gasteiger partial charge on any atom is -0.391 e. The molecule has 2 bridgehead atoms. The van der Waals surface area contributed by atoms with Crippen LogP contribution in [-0.4, -0.2) is 104 Å². The number of nitrogens with one attached hydrogen (secondary N) is 4. The maximum absolute atomic E-state index is 14.3. The zero-order valence-corrected chi connectivity index (χ0v) is 30.7. The van der Waals surface area contributed by atoms with Gasteiger partial charge in [-0.2, -0.15) is 0 Å². The lowest BCUT2D eigenvalue weighted by molar-refractivity contribution is -0.144. The average Bonchev–Trinajstić information content (AvgIpc) is 3.76. The van der Waals surface area contributed by atoms with Crippen LogP contribution in [0.15, 0.2) is 60.8 Å². The normalized spacial score (nSPS) is 25.6. The summed E-state index contributed by atoms with van der Waals surface area (Å²) in [5.74, 6) is -2.76. The Morgan fingerprint density at radius 1 is 0.849 bits per heavy atom. The van der Waals surface area contributed by atoms with Gasteiger partial charge in [0.1, 0.15) is 30.2 Å². The molecule has 2 aromatic carbocycles. The van der Waals surface area contributed by atoms with Gasteiger partial charge in [0.15, 0.2) is 0 Å². The van der Waals surface area contributed by atoms with Crippen LogP contribution in [0.3, 0.4) is 0 Å². The Bertz CT molecular complexity index is 1760. The molecule has 6 atom stereocenters. The Balaban J connectivity index is 1.46. The van der Waals surface area contributed by atoms with Crippen molar-refractivity contribution in [1.82, 2.24) is 41.2 Å². The number of aryl methyl sites for hydroxylation is 1. The van der Waals surface area contributed by atoms with Crippen molar-refractivity contribution in [2.24, 2.45) is 11.1 Å². The second-order valence-corrected chi connectivity index (χ2v) is 15.0. The monoisotopic (exact) mass is 729 g/mol. The standard InChI is InChI=1S/C38H51N9O6/c1-23-33(49)43-30(20-39)34(50)40-17-9-8-12-27-21-47(45-44-27)32(38(2,3)4)37(53)46-22-28(48)19-31(46)36(52)42-29(35(51)41-23)18-24-13-15-26(16-14-24)25-10-6-5-7-11-25/h5-7,10-11,13-16,21,23,28-32,48H,8-9,12,17-20,22,39H2,1-4H3,(H,40,50)(H,41,51)(H,42,52)(H,43,49)/t23-,28-,29-,30-,31+,32-/m1/s1. The predicted molar refractivity (Wildman–Crippen MR) is 197 cm³/mol. The maximum atomic E-state index is 14.3. The molecule has 2 aliphatic heterocycles. The van der Waals surface area contributed by atoms with Gasteiger partial charge in [-0.3, -0.25) is 24.0 Å². The minimum absolute atomic E-state index is 0.0293. The Hall–Kier alpha value is -5.15. The number of fused-ring (bicyclic) bond motifs is 3. The van der Waals surface area contributed by atoms with Crippen LogP contribution in [0, 0.1) is 5.41 Å². The van der Waals surface area contributed by atoms with Gasteiger partial charge in [-0.15, -0.1) is 5.10 Å². The minimum atomic E-state index is -1.17. The summed E-state index contributed by atoms with van der Waals surface area (Å²) in [5, 5.41) is 30.2. The fourth-order valence-electron chi connectivity index (χ4n) is 6.75. The molecule has 7 N–H and O–H groups in total. The van der Waals surface area contributed by atoms with Crippen molar-refractivity contribution < 1.29 is 29.1 Å². The molecule has 284 valence electrons. The van der Waals surface area contributed by atoms with Crippen LogP contribution in [0.4, 0.5) is 0 Å². The highest BCUT2D eigenvalue weighted by molar-refractivity contribution is 5.96. The maximum Gasteiger partial charge on any atom is 0.248 e. The van der Waals surface area contributed by atoms with Crippen molar-refractivity contribution in [1.29, 1.82) is 0 Å². The van der Waals surface area contributed by atoms with Crippen molar-refractivity contribution in [3.8, 4) is 11.1 Å². The Morgan fingerprint density at radius 3 is 2.21 bits per heavy atom. The van der Waals surface area contributed by atoms with E-state index in [1.54, 1.807) is 6.20 Å². The molecule has 15 nitrogen and oxygen atoms in total. The van der Waals surface area contributed by atoms with Gasteiger partial charge in [-0.1, -0.05) is 80.6 Å². The van der Waals surface area contributed by atoms with Crippen molar-refractivity contribution in [2.75, 3.05) is 19.6 Å². The number of hydrogen-bond acceptors (Lipinski definition) is 9. The first kappa shape index (κ1) is 39.1. The van der Waals surface area contributed by atoms with Gasteiger partial charge in [0.05, 0.1) is 11.8 Å². The van der Waals surface area contributed by atoms with Crippen LogP contribution in [-0.2, 0) is 36.8 Å². The van der Waals surface area contributed by atoms with Crippen molar-refractivity contribution in [2.45, 2.75) is 96.1 Å². The highest BCUT2D eigenvalue weighted by Gasteiger charge is 2.46. The van der Waals surface area contributed by atoms with Gasteiger partial charge < -0.3 is 37.0 Å².